The lowest BCUT2D eigenvalue weighted by Crippen LogP contribution is -2.00. The maximum atomic E-state index is 4.21. The van der Waals surface area contributed by atoms with Crippen molar-refractivity contribution >= 4 is 0 Å². The van der Waals surface area contributed by atoms with Crippen molar-refractivity contribution < 1.29 is 0 Å². The molecule has 2 heteroatoms. The van der Waals surface area contributed by atoms with E-state index in [1.54, 1.807) is 6.33 Å². The summed E-state index contributed by atoms with van der Waals surface area (Å²) in [5, 5.41) is 0. The Kier molecular flexibility index (Phi) is 2.58. The van der Waals surface area contributed by atoms with Gasteiger partial charge < -0.3 is 0 Å². The number of hydrogen-bond acceptors (Lipinski definition) is 2. The molecule has 0 atom stereocenters. The van der Waals surface area contributed by atoms with Gasteiger partial charge >= 0.3 is 0 Å². The molecule has 0 aliphatic rings. The fraction of sp³-hybridized carbons (Fsp3) is 0.556. The Balaban J connectivity index is 2.78. The zero-order valence-corrected chi connectivity index (χ0v) is 7.33. The van der Waals surface area contributed by atoms with E-state index < -0.39 is 0 Å². The maximum Gasteiger partial charge on any atom is 0.115 e. The van der Waals surface area contributed by atoms with Crippen LogP contribution in [0.4, 0.5) is 0 Å². The third-order valence-electron chi connectivity index (χ3n) is 1.61. The first-order valence-electron chi connectivity index (χ1n) is 3.95. The van der Waals surface area contributed by atoms with Crippen LogP contribution in [0.5, 0.6) is 0 Å². The van der Waals surface area contributed by atoms with Gasteiger partial charge in [0.1, 0.15) is 6.33 Å². The Morgan fingerprint density at radius 1 is 1.45 bits per heavy atom. The van der Waals surface area contributed by atoms with E-state index in [9.17, 15) is 0 Å². The first-order valence-corrected chi connectivity index (χ1v) is 3.95. The highest BCUT2D eigenvalue weighted by molar-refractivity contribution is 5.13. The molecule has 0 saturated heterocycles. The average Bonchev–Trinajstić information content (AvgIpc) is 1.93. The zero-order chi connectivity index (χ0) is 8.27. The van der Waals surface area contributed by atoms with Crippen LogP contribution >= 0.6 is 0 Å². The van der Waals surface area contributed by atoms with Gasteiger partial charge in [-0.1, -0.05) is 13.8 Å². The molecule has 60 valence electrons. The molecule has 0 aliphatic heterocycles. The third kappa shape index (κ3) is 2.30. The Morgan fingerprint density at radius 2 is 2.18 bits per heavy atom. The Bertz CT molecular complexity index is 231. The van der Waals surface area contributed by atoms with Crippen LogP contribution in [0.15, 0.2) is 12.5 Å². The van der Waals surface area contributed by atoms with E-state index in [4.69, 9.17) is 0 Å². The maximum absolute atomic E-state index is 4.21. The molecular weight excluding hydrogens is 136 g/mol. The minimum atomic E-state index is 0.670. The second-order valence-electron chi connectivity index (χ2n) is 3.25. The topological polar surface area (TPSA) is 25.8 Å². The molecule has 0 fully saturated rings. The van der Waals surface area contributed by atoms with E-state index in [1.807, 2.05) is 6.20 Å². The molecule has 1 aromatic heterocycles. The molecule has 1 aromatic rings. The molecular formula is C9H14N2. The van der Waals surface area contributed by atoms with Gasteiger partial charge in [0, 0.05) is 11.9 Å². The molecule has 0 saturated carbocycles. The standard InChI is InChI=1S/C9H14N2/c1-7(2)4-9-8(3)5-10-6-11-9/h5-7H,4H2,1-3H3. The summed E-state index contributed by atoms with van der Waals surface area (Å²) in [4.78, 5) is 8.15. The lowest BCUT2D eigenvalue weighted by atomic mass is 10.1. The van der Waals surface area contributed by atoms with Crippen molar-refractivity contribution in [2.75, 3.05) is 0 Å². The molecule has 11 heavy (non-hydrogen) atoms. The highest BCUT2D eigenvalue weighted by Gasteiger charge is 2.01. The SMILES string of the molecule is Cc1cncnc1CC(C)C. The predicted octanol–water partition coefficient (Wildman–Crippen LogP) is 1.98. The van der Waals surface area contributed by atoms with Gasteiger partial charge in [-0.25, -0.2) is 9.97 Å². The normalized spacial score (nSPS) is 10.5. The molecule has 0 aromatic carbocycles. The van der Waals surface area contributed by atoms with Gasteiger partial charge in [0.15, 0.2) is 0 Å². The molecule has 0 bridgehead atoms. The molecule has 0 amide bonds. The predicted molar refractivity (Wildman–Crippen MR) is 45.3 cm³/mol. The second-order valence-corrected chi connectivity index (χ2v) is 3.25. The van der Waals surface area contributed by atoms with Crippen LogP contribution in [-0.4, -0.2) is 9.97 Å². The molecule has 1 rings (SSSR count). The van der Waals surface area contributed by atoms with Gasteiger partial charge in [0.05, 0.1) is 0 Å². The van der Waals surface area contributed by atoms with Crippen LogP contribution in [0, 0.1) is 12.8 Å². The zero-order valence-electron chi connectivity index (χ0n) is 7.33. The van der Waals surface area contributed by atoms with Crippen LogP contribution < -0.4 is 0 Å². The quantitative estimate of drug-likeness (QED) is 0.644. The van der Waals surface area contributed by atoms with Gasteiger partial charge in [0.2, 0.25) is 0 Å². The highest BCUT2D eigenvalue weighted by atomic mass is 14.8. The van der Waals surface area contributed by atoms with Gasteiger partial charge in [-0.3, -0.25) is 0 Å². The van der Waals surface area contributed by atoms with Gasteiger partial charge in [-0.15, -0.1) is 0 Å². The van der Waals surface area contributed by atoms with Crippen molar-refractivity contribution in [1.82, 2.24) is 9.97 Å². The van der Waals surface area contributed by atoms with Crippen molar-refractivity contribution in [1.29, 1.82) is 0 Å². The van der Waals surface area contributed by atoms with Crippen molar-refractivity contribution in [2.45, 2.75) is 27.2 Å². The molecule has 0 spiro atoms. The van der Waals surface area contributed by atoms with Crippen LogP contribution in [0.2, 0.25) is 0 Å². The van der Waals surface area contributed by atoms with E-state index in [-0.39, 0.29) is 0 Å². The first-order chi connectivity index (χ1) is 5.20. The highest BCUT2D eigenvalue weighted by Crippen LogP contribution is 2.07. The summed E-state index contributed by atoms with van der Waals surface area (Å²) in [6, 6.07) is 0. The van der Waals surface area contributed by atoms with E-state index in [0.717, 1.165) is 6.42 Å². The number of aryl methyl sites for hydroxylation is 1. The summed E-state index contributed by atoms with van der Waals surface area (Å²) in [6.07, 6.45) is 4.53. The fourth-order valence-corrected chi connectivity index (χ4v) is 1.02. The van der Waals surface area contributed by atoms with Crippen molar-refractivity contribution in [2.24, 2.45) is 5.92 Å². The first kappa shape index (κ1) is 8.18. The lowest BCUT2D eigenvalue weighted by molar-refractivity contribution is 0.630. The lowest BCUT2D eigenvalue weighted by Gasteiger charge is -2.05. The summed E-state index contributed by atoms with van der Waals surface area (Å²) >= 11 is 0. The number of aromatic nitrogens is 2. The van der Waals surface area contributed by atoms with Crippen LogP contribution in [0.1, 0.15) is 25.1 Å². The summed E-state index contributed by atoms with van der Waals surface area (Å²) in [5.74, 6) is 0.670. The number of rotatable bonds is 2. The Morgan fingerprint density at radius 3 is 2.73 bits per heavy atom. The van der Waals surface area contributed by atoms with Crippen LogP contribution in [0.25, 0.3) is 0 Å². The summed E-state index contributed by atoms with van der Waals surface area (Å²) in [5.41, 5.74) is 2.37. The Hall–Kier alpha value is -0.920. The number of nitrogens with zero attached hydrogens (tertiary/aromatic N) is 2. The summed E-state index contributed by atoms with van der Waals surface area (Å²) in [7, 11) is 0. The minimum Gasteiger partial charge on any atom is -0.245 e. The number of hydrogen-bond donors (Lipinski definition) is 0. The summed E-state index contributed by atoms with van der Waals surface area (Å²) in [6.45, 7) is 6.45. The molecule has 1 heterocycles. The van der Waals surface area contributed by atoms with Crippen LogP contribution in [0.3, 0.4) is 0 Å². The van der Waals surface area contributed by atoms with Gasteiger partial charge in [0.25, 0.3) is 0 Å². The average molecular weight is 150 g/mol. The van der Waals surface area contributed by atoms with Crippen LogP contribution in [-0.2, 0) is 6.42 Å². The van der Waals surface area contributed by atoms with E-state index >= 15 is 0 Å². The van der Waals surface area contributed by atoms with Crippen molar-refractivity contribution in [3.8, 4) is 0 Å². The Labute approximate surface area is 67.7 Å². The van der Waals surface area contributed by atoms with Crippen molar-refractivity contribution in [3.63, 3.8) is 0 Å². The molecule has 0 unspecified atom stereocenters. The minimum absolute atomic E-state index is 0.670. The van der Waals surface area contributed by atoms with E-state index in [1.165, 1.54) is 11.3 Å². The van der Waals surface area contributed by atoms with Gasteiger partial charge in [-0.2, -0.15) is 0 Å². The third-order valence-corrected chi connectivity index (χ3v) is 1.61. The molecule has 0 N–H and O–H groups in total. The largest absolute Gasteiger partial charge is 0.245 e. The van der Waals surface area contributed by atoms with E-state index in [0.29, 0.717) is 5.92 Å². The molecule has 0 aliphatic carbocycles. The van der Waals surface area contributed by atoms with Gasteiger partial charge in [-0.05, 0) is 24.8 Å². The molecule has 2 nitrogen and oxygen atoms in total. The second kappa shape index (κ2) is 3.46. The molecule has 0 radical (unpaired) electrons. The van der Waals surface area contributed by atoms with E-state index in [2.05, 4.69) is 30.7 Å². The summed E-state index contributed by atoms with van der Waals surface area (Å²) < 4.78 is 0. The smallest absolute Gasteiger partial charge is 0.115 e. The fourth-order valence-electron chi connectivity index (χ4n) is 1.02. The van der Waals surface area contributed by atoms with Crippen molar-refractivity contribution in [3.05, 3.63) is 23.8 Å². The monoisotopic (exact) mass is 150 g/mol.